The van der Waals surface area contributed by atoms with Gasteiger partial charge in [-0.3, -0.25) is 4.79 Å². The topological polar surface area (TPSA) is 88.6 Å². The normalized spacial score (nSPS) is 21.0. The molecule has 1 fully saturated rings. The monoisotopic (exact) mass is 389 g/mol. The Hall–Kier alpha value is -2.29. The van der Waals surface area contributed by atoms with Gasteiger partial charge in [-0.25, -0.2) is 13.4 Å². The van der Waals surface area contributed by atoms with Crippen molar-refractivity contribution >= 4 is 21.7 Å². The van der Waals surface area contributed by atoms with Gasteiger partial charge in [0.25, 0.3) is 5.91 Å². The van der Waals surface area contributed by atoms with E-state index in [1.807, 2.05) is 26.8 Å². The molecule has 1 saturated heterocycles. The van der Waals surface area contributed by atoms with Gasteiger partial charge in [0, 0.05) is 24.3 Å². The number of rotatable bonds is 4. The maximum atomic E-state index is 13.0. The minimum Gasteiger partial charge on any atom is -0.373 e. The van der Waals surface area contributed by atoms with E-state index in [1.54, 1.807) is 24.3 Å². The molecule has 0 aliphatic carbocycles. The molecule has 1 amide bonds. The molecule has 1 aliphatic rings. The molecule has 2 aromatic rings. The number of sulfonamides is 1. The van der Waals surface area contributed by atoms with Crippen LogP contribution in [0.15, 0.2) is 47.4 Å². The van der Waals surface area contributed by atoms with E-state index in [9.17, 15) is 13.2 Å². The first-order chi connectivity index (χ1) is 12.8. The molecule has 1 aromatic carbocycles. The first-order valence-corrected chi connectivity index (χ1v) is 10.2. The molecule has 0 saturated carbocycles. The highest BCUT2D eigenvalue weighted by Gasteiger charge is 2.32. The highest BCUT2D eigenvalue weighted by Crippen LogP contribution is 2.22. The van der Waals surface area contributed by atoms with Crippen LogP contribution in [-0.4, -0.2) is 48.9 Å². The number of ether oxygens (including phenoxy) is 1. The quantitative estimate of drug-likeness (QED) is 0.868. The standard InChI is InChI=1S/C19H23N3O4S/c1-13-6-4-9-18(20-13)21-19(23)16-7-5-8-17(10-16)27(24,25)22-11-14(2)26-15(3)12-22/h4-10,14-15H,11-12H2,1-3H3,(H,20,21,23). The number of amides is 1. The van der Waals surface area contributed by atoms with Gasteiger partial charge in [-0.15, -0.1) is 0 Å². The third kappa shape index (κ3) is 4.52. The predicted molar refractivity (Wildman–Crippen MR) is 102 cm³/mol. The van der Waals surface area contributed by atoms with Crippen molar-refractivity contribution < 1.29 is 17.9 Å². The number of morpholine rings is 1. The molecule has 144 valence electrons. The van der Waals surface area contributed by atoms with Gasteiger partial charge in [0.2, 0.25) is 10.0 Å². The number of pyridine rings is 1. The van der Waals surface area contributed by atoms with Crippen molar-refractivity contribution in [3.05, 3.63) is 53.7 Å². The van der Waals surface area contributed by atoms with Gasteiger partial charge in [-0.2, -0.15) is 4.31 Å². The van der Waals surface area contributed by atoms with E-state index >= 15 is 0 Å². The van der Waals surface area contributed by atoms with Gasteiger partial charge >= 0.3 is 0 Å². The van der Waals surface area contributed by atoms with E-state index < -0.39 is 15.9 Å². The number of benzene rings is 1. The minimum atomic E-state index is -3.71. The fraction of sp³-hybridized carbons (Fsp3) is 0.368. The summed E-state index contributed by atoms with van der Waals surface area (Å²) in [5.74, 6) is 0.0120. The summed E-state index contributed by atoms with van der Waals surface area (Å²) < 4.78 is 33.0. The first kappa shape index (κ1) is 19.5. The van der Waals surface area contributed by atoms with Gasteiger partial charge < -0.3 is 10.1 Å². The number of aromatic nitrogens is 1. The van der Waals surface area contributed by atoms with Gasteiger partial charge in [0.1, 0.15) is 5.82 Å². The molecule has 0 bridgehead atoms. The molecule has 8 heteroatoms. The average Bonchev–Trinajstić information content (AvgIpc) is 2.61. The van der Waals surface area contributed by atoms with Crippen LogP contribution in [0.4, 0.5) is 5.82 Å². The smallest absolute Gasteiger partial charge is 0.256 e. The predicted octanol–water partition coefficient (Wildman–Crippen LogP) is 2.44. The molecule has 0 spiro atoms. The minimum absolute atomic E-state index is 0.0913. The summed E-state index contributed by atoms with van der Waals surface area (Å²) in [6.45, 7) is 6.09. The molecule has 2 unspecified atom stereocenters. The Morgan fingerprint density at radius 1 is 1.15 bits per heavy atom. The second-order valence-electron chi connectivity index (χ2n) is 6.73. The van der Waals surface area contributed by atoms with Gasteiger partial charge in [-0.1, -0.05) is 12.1 Å². The number of anilines is 1. The Labute approximate surface area is 159 Å². The molecule has 1 aromatic heterocycles. The molecule has 1 aliphatic heterocycles. The lowest BCUT2D eigenvalue weighted by molar-refractivity contribution is -0.0440. The van der Waals surface area contributed by atoms with Crippen LogP contribution in [0.5, 0.6) is 0 Å². The van der Waals surface area contributed by atoms with Crippen LogP contribution in [-0.2, 0) is 14.8 Å². The number of nitrogens with zero attached hydrogens (tertiary/aromatic N) is 2. The second-order valence-corrected chi connectivity index (χ2v) is 8.66. The highest BCUT2D eigenvalue weighted by atomic mass is 32.2. The van der Waals surface area contributed by atoms with Crippen molar-refractivity contribution in [3.63, 3.8) is 0 Å². The summed E-state index contributed by atoms with van der Waals surface area (Å²) in [4.78, 5) is 16.8. The van der Waals surface area contributed by atoms with E-state index in [0.29, 0.717) is 5.82 Å². The summed E-state index contributed by atoms with van der Waals surface area (Å²) in [5, 5.41) is 2.69. The van der Waals surface area contributed by atoms with Crippen molar-refractivity contribution in [2.75, 3.05) is 18.4 Å². The van der Waals surface area contributed by atoms with E-state index in [2.05, 4.69) is 10.3 Å². The molecule has 2 atom stereocenters. The van der Waals surface area contributed by atoms with E-state index in [1.165, 1.54) is 16.4 Å². The number of carbonyl (C=O) groups is 1. The largest absolute Gasteiger partial charge is 0.373 e. The van der Waals surface area contributed by atoms with Gasteiger partial charge in [-0.05, 0) is 51.1 Å². The fourth-order valence-corrected chi connectivity index (χ4v) is 4.71. The number of aryl methyl sites for hydroxylation is 1. The van der Waals surface area contributed by atoms with Gasteiger partial charge in [0.15, 0.2) is 0 Å². The number of hydrogen-bond donors (Lipinski definition) is 1. The Morgan fingerprint density at radius 2 is 1.81 bits per heavy atom. The Balaban J connectivity index is 1.83. The summed E-state index contributed by atoms with van der Waals surface area (Å²) in [6, 6.07) is 11.3. The van der Waals surface area contributed by atoms with Crippen LogP contribution in [0.25, 0.3) is 0 Å². The molecule has 0 radical (unpaired) electrons. The molecule has 2 heterocycles. The van der Waals surface area contributed by atoms with Crippen molar-refractivity contribution in [1.29, 1.82) is 0 Å². The summed E-state index contributed by atoms with van der Waals surface area (Å²) in [5.41, 5.74) is 1.04. The SMILES string of the molecule is Cc1cccc(NC(=O)c2cccc(S(=O)(=O)N3CC(C)OC(C)C3)c2)n1. The number of carbonyl (C=O) groups excluding carboxylic acids is 1. The Bertz CT molecular complexity index is 935. The molecule has 3 rings (SSSR count). The Kier molecular flexibility index (Phi) is 5.59. The average molecular weight is 389 g/mol. The molecule has 1 N–H and O–H groups in total. The lowest BCUT2D eigenvalue weighted by Crippen LogP contribution is -2.48. The zero-order valence-corrected chi connectivity index (χ0v) is 16.4. The summed E-state index contributed by atoms with van der Waals surface area (Å²) >= 11 is 0. The third-order valence-electron chi connectivity index (χ3n) is 4.25. The lowest BCUT2D eigenvalue weighted by Gasteiger charge is -2.34. The van der Waals surface area contributed by atoms with Crippen molar-refractivity contribution in [1.82, 2.24) is 9.29 Å². The first-order valence-electron chi connectivity index (χ1n) is 8.76. The van der Waals surface area contributed by atoms with E-state index in [0.717, 1.165) is 5.69 Å². The fourth-order valence-electron chi connectivity index (χ4n) is 3.07. The molecule has 27 heavy (non-hydrogen) atoms. The van der Waals surface area contributed by atoms with Crippen LogP contribution in [0, 0.1) is 6.92 Å². The Morgan fingerprint density at radius 3 is 2.48 bits per heavy atom. The van der Waals surface area contributed by atoms with Crippen LogP contribution < -0.4 is 5.32 Å². The van der Waals surface area contributed by atoms with Gasteiger partial charge in [0.05, 0.1) is 17.1 Å². The maximum Gasteiger partial charge on any atom is 0.256 e. The second kappa shape index (κ2) is 7.75. The zero-order valence-electron chi connectivity index (χ0n) is 15.5. The highest BCUT2D eigenvalue weighted by molar-refractivity contribution is 7.89. The van der Waals surface area contributed by atoms with Crippen molar-refractivity contribution in [3.8, 4) is 0 Å². The molecular formula is C19H23N3O4S. The molecular weight excluding hydrogens is 366 g/mol. The van der Waals surface area contributed by atoms with Crippen LogP contribution in [0.3, 0.4) is 0 Å². The maximum absolute atomic E-state index is 13.0. The van der Waals surface area contributed by atoms with Crippen LogP contribution in [0.1, 0.15) is 29.9 Å². The van der Waals surface area contributed by atoms with Crippen molar-refractivity contribution in [2.24, 2.45) is 0 Å². The van der Waals surface area contributed by atoms with Crippen LogP contribution in [0.2, 0.25) is 0 Å². The van der Waals surface area contributed by atoms with Crippen molar-refractivity contribution in [2.45, 2.75) is 37.9 Å². The number of nitrogens with one attached hydrogen (secondary N) is 1. The molecule has 7 nitrogen and oxygen atoms in total. The van der Waals surface area contributed by atoms with Crippen LogP contribution >= 0.6 is 0 Å². The van der Waals surface area contributed by atoms with E-state index in [4.69, 9.17) is 4.74 Å². The van der Waals surface area contributed by atoms with E-state index in [-0.39, 0.29) is 35.8 Å². The summed E-state index contributed by atoms with van der Waals surface area (Å²) in [6.07, 6.45) is -0.357. The lowest BCUT2D eigenvalue weighted by atomic mass is 10.2. The zero-order chi connectivity index (χ0) is 19.6. The number of hydrogen-bond acceptors (Lipinski definition) is 5. The third-order valence-corrected chi connectivity index (χ3v) is 6.08. The summed E-state index contributed by atoms with van der Waals surface area (Å²) in [7, 11) is -3.71.